The van der Waals surface area contributed by atoms with Gasteiger partial charge in [-0.15, -0.1) is 0 Å². The Balaban J connectivity index is 2.29. The molecule has 0 bridgehead atoms. The quantitative estimate of drug-likeness (QED) is 0.588. The molecule has 7 heteroatoms. The van der Waals surface area contributed by atoms with Gasteiger partial charge < -0.3 is 19.9 Å². The second kappa shape index (κ2) is 9.01. The number of ether oxygens (including phenoxy) is 2. The van der Waals surface area contributed by atoms with Crippen molar-refractivity contribution in [1.82, 2.24) is 0 Å². The monoisotopic (exact) mass is 397 g/mol. The summed E-state index contributed by atoms with van der Waals surface area (Å²) in [6.45, 7) is 3.99. The minimum Gasteiger partial charge on any atom is -0.496 e. The van der Waals surface area contributed by atoms with Crippen molar-refractivity contribution in [3.05, 3.63) is 45.9 Å². The first kappa shape index (κ1) is 20.2. The van der Waals surface area contributed by atoms with Crippen LogP contribution < -0.4 is 14.8 Å². The van der Waals surface area contributed by atoms with Gasteiger partial charge in [-0.2, -0.15) is 0 Å². The molecule has 2 aromatic carbocycles. The van der Waals surface area contributed by atoms with Gasteiger partial charge in [0.05, 0.1) is 17.2 Å². The Morgan fingerprint density at radius 2 is 1.88 bits per heavy atom. The molecule has 0 aromatic heterocycles. The highest BCUT2D eigenvalue weighted by Crippen LogP contribution is 2.40. The van der Waals surface area contributed by atoms with E-state index in [4.69, 9.17) is 37.8 Å². The summed E-state index contributed by atoms with van der Waals surface area (Å²) in [6, 6.07) is 8.70. The van der Waals surface area contributed by atoms with Crippen molar-refractivity contribution >= 4 is 34.9 Å². The lowest BCUT2D eigenvalue weighted by atomic mass is 9.97. The Morgan fingerprint density at radius 3 is 2.42 bits per heavy atom. The summed E-state index contributed by atoms with van der Waals surface area (Å²) in [5.41, 5.74) is 1.55. The number of benzene rings is 2. The first-order chi connectivity index (χ1) is 12.3. The van der Waals surface area contributed by atoms with Gasteiger partial charge >= 0.3 is 5.97 Å². The molecular weight excluding hydrogens is 377 g/mol. The normalized spacial score (nSPS) is 11.7. The maximum Gasteiger partial charge on any atom is 0.322 e. The van der Waals surface area contributed by atoms with E-state index in [2.05, 4.69) is 19.2 Å². The van der Waals surface area contributed by atoms with Gasteiger partial charge in [0.15, 0.2) is 5.75 Å². The number of carbonyl (C=O) groups is 1. The van der Waals surface area contributed by atoms with E-state index in [1.54, 1.807) is 25.3 Å². The average Bonchev–Trinajstić information content (AvgIpc) is 2.62. The van der Waals surface area contributed by atoms with Crippen LogP contribution in [0.2, 0.25) is 10.0 Å². The molecule has 2 rings (SSSR count). The molecule has 0 aliphatic heterocycles. The maximum atomic E-state index is 10.7. The first-order valence-corrected chi connectivity index (χ1v) is 8.91. The third-order valence-corrected chi connectivity index (χ3v) is 4.57. The summed E-state index contributed by atoms with van der Waals surface area (Å²) in [5.74, 6) is 1.04. The Morgan fingerprint density at radius 1 is 1.23 bits per heavy atom. The van der Waals surface area contributed by atoms with E-state index < -0.39 is 5.97 Å². The molecule has 0 radical (unpaired) electrons. The molecule has 26 heavy (non-hydrogen) atoms. The molecule has 0 saturated heterocycles. The Labute approximate surface area is 162 Å². The van der Waals surface area contributed by atoms with E-state index >= 15 is 0 Å². The minimum absolute atomic E-state index is 0.233. The van der Waals surface area contributed by atoms with Crippen molar-refractivity contribution < 1.29 is 19.4 Å². The highest BCUT2D eigenvalue weighted by atomic mass is 35.5. The van der Waals surface area contributed by atoms with Crippen LogP contribution in [0.5, 0.6) is 17.2 Å². The Bertz CT molecular complexity index is 772. The number of hydrogen-bond donors (Lipinski definition) is 2. The second-order valence-electron chi connectivity index (χ2n) is 5.83. The number of methoxy groups -OCH3 is 1. The molecule has 0 aliphatic carbocycles. The number of hydrogen-bond acceptors (Lipinski definition) is 4. The molecule has 1 unspecified atom stereocenters. The predicted molar refractivity (Wildman–Crippen MR) is 104 cm³/mol. The summed E-state index contributed by atoms with van der Waals surface area (Å²) in [4.78, 5) is 10.7. The lowest BCUT2D eigenvalue weighted by molar-refractivity contribution is -0.134. The number of carboxylic acid groups (broad SMARTS) is 1. The zero-order valence-corrected chi connectivity index (χ0v) is 16.3. The van der Waals surface area contributed by atoms with E-state index in [0.29, 0.717) is 23.1 Å². The van der Waals surface area contributed by atoms with Crippen molar-refractivity contribution in [3.8, 4) is 17.2 Å². The van der Waals surface area contributed by atoms with Crippen LogP contribution in [0, 0.1) is 0 Å². The van der Waals surface area contributed by atoms with Crippen LogP contribution in [-0.4, -0.2) is 24.7 Å². The average molecular weight is 398 g/mol. The van der Waals surface area contributed by atoms with Crippen LogP contribution in [0.25, 0.3) is 0 Å². The molecular formula is C19H21Cl2NO4. The van der Waals surface area contributed by atoms with Gasteiger partial charge in [-0.3, -0.25) is 4.79 Å². The number of anilines is 1. The number of aliphatic carboxylic acids is 1. The minimum atomic E-state index is -0.978. The number of rotatable bonds is 8. The highest BCUT2D eigenvalue weighted by molar-refractivity contribution is 6.37. The molecule has 0 aliphatic rings. The standard InChI is InChI=1S/C19H21Cl2NO4/c1-4-11(2)14-9-13(5-6-17(14)25-3)26-19-15(20)7-12(8-16(19)21)22-10-18(23)24/h5-9,11,22H,4,10H2,1-3H3,(H,23,24). The van der Waals surface area contributed by atoms with E-state index in [1.807, 2.05) is 12.1 Å². The lowest BCUT2D eigenvalue weighted by Gasteiger charge is -2.17. The fraction of sp³-hybridized carbons (Fsp3) is 0.316. The van der Waals surface area contributed by atoms with Gasteiger partial charge in [-0.25, -0.2) is 0 Å². The van der Waals surface area contributed by atoms with Crippen LogP contribution in [0.15, 0.2) is 30.3 Å². The molecule has 0 heterocycles. The zero-order valence-electron chi connectivity index (χ0n) is 14.8. The third kappa shape index (κ3) is 4.96. The third-order valence-electron chi connectivity index (χ3n) is 4.01. The summed E-state index contributed by atoms with van der Waals surface area (Å²) in [5, 5.41) is 12.0. The van der Waals surface area contributed by atoms with E-state index in [0.717, 1.165) is 17.7 Å². The smallest absolute Gasteiger partial charge is 0.322 e. The van der Waals surface area contributed by atoms with E-state index in [1.165, 1.54) is 0 Å². The summed E-state index contributed by atoms with van der Waals surface area (Å²) < 4.78 is 11.3. The first-order valence-electron chi connectivity index (χ1n) is 8.16. The summed E-state index contributed by atoms with van der Waals surface area (Å²) in [7, 11) is 1.64. The topological polar surface area (TPSA) is 67.8 Å². The van der Waals surface area contributed by atoms with Crippen LogP contribution in [0.1, 0.15) is 31.7 Å². The van der Waals surface area contributed by atoms with Crippen molar-refractivity contribution in [3.63, 3.8) is 0 Å². The van der Waals surface area contributed by atoms with Crippen LogP contribution >= 0.6 is 23.2 Å². The second-order valence-corrected chi connectivity index (χ2v) is 6.65. The van der Waals surface area contributed by atoms with Crippen LogP contribution in [-0.2, 0) is 4.79 Å². The van der Waals surface area contributed by atoms with Crippen LogP contribution in [0.4, 0.5) is 5.69 Å². The van der Waals surface area contributed by atoms with Gasteiger partial charge in [0.2, 0.25) is 0 Å². The fourth-order valence-corrected chi connectivity index (χ4v) is 3.00. The predicted octanol–water partition coefficient (Wildman–Crippen LogP) is 5.80. The zero-order chi connectivity index (χ0) is 19.3. The number of carboxylic acids is 1. The summed E-state index contributed by atoms with van der Waals surface area (Å²) >= 11 is 12.5. The van der Waals surface area contributed by atoms with Gasteiger partial charge in [-0.05, 0) is 42.7 Å². The molecule has 0 amide bonds. The highest BCUT2D eigenvalue weighted by Gasteiger charge is 2.15. The fourth-order valence-electron chi connectivity index (χ4n) is 2.44. The van der Waals surface area contributed by atoms with E-state index in [-0.39, 0.29) is 16.6 Å². The van der Waals surface area contributed by atoms with Crippen LogP contribution in [0.3, 0.4) is 0 Å². The molecule has 2 aromatic rings. The molecule has 0 saturated carbocycles. The maximum absolute atomic E-state index is 10.7. The van der Waals surface area contributed by atoms with Crippen molar-refractivity contribution in [2.24, 2.45) is 0 Å². The number of halogens is 2. The molecule has 0 spiro atoms. The van der Waals surface area contributed by atoms with Gasteiger partial charge in [0.25, 0.3) is 0 Å². The Kier molecular flexibility index (Phi) is 7.00. The molecule has 2 N–H and O–H groups in total. The number of nitrogens with one attached hydrogen (secondary N) is 1. The Hall–Kier alpha value is -2.11. The van der Waals surface area contributed by atoms with Crippen molar-refractivity contribution in [2.45, 2.75) is 26.2 Å². The SMILES string of the molecule is CCC(C)c1cc(Oc2c(Cl)cc(NCC(=O)O)cc2Cl)ccc1OC. The van der Waals surface area contributed by atoms with Gasteiger partial charge in [0, 0.05) is 11.3 Å². The molecule has 1 atom stereocenters. The molecule has 5 nitrogen and oxygen atoms in total. The van der Waals surface area contributed by atoms with Gasteiger partial charge in [-0.1, -0.05) is 37.0 Å². The van der Waals surface area contributed by atoms with E-state index in [9.17, 15) is 4.79 Å². The largest absolute Gasteiger partial charge is 0.496 e. The summed E-state index contributed by atoms with van der Waals surface area (Å²) in [6.07, 6.45) is 0.964. The van der Waals surface area contributed by atoms with Gasteiger partial charge in [0.1, 0.15) is 18.0 Å². The molecule has 0 fully saturated rings. The lowest BCUT2D eigenvalue weighted by Crippen LogP contribution is -2.12. The molecule has 140 valence electrons. The van der Waals surface area contributed by atoms with Crippen molar-refractivity contribution in [2.75, 3.05) is 19.0 Å². The van der Waals surface area contributed by atoms with Crippen molar-refractivity contribution in [1.29, 1.82) is 0 Å².